The molecule has 29 heavy (non-hydrogen) atoms. The van der Waals surface area contributed by atoms with Crippen molar-refractivity contribution in [1.82, 2.24) is 9.97 Å². The van der Waals surface area contributed by atoms with Gasteiger partial charge < -0.3 is 20.9 Å². The molecule has 0 saturated heterocycles. The number of benzene rings is 2. The maximum Gasteiger partial charge on any atom is 0.267 e. The van der Waals surface area contributed by atoms with E-state index >= 15 is 0 Å². The summed E-state index contributed by atoms with van der Waals surface area (Å²) in [7, 11) is 0. The molecule has 1 heterocycles. The predicted octanol–water partition coefficient (Wildman–Crippen LogP) is 2.60. The van der Waals surface area contributed by atoms with Gasteiger partial charge in [-0.05, 0) is 50.2 Å². The summed E-state index contributed by atoms with van der Waals surface area (Å²) in [6, 6.07) is 15.9. The van der Waals surface area contributed by atoms with Crippen LogP contribution in [0.15, 0.2) is 54.6 Å². The molecular weight excluding hydrogens is 372 g/mol. The first-order chi connectivity index (χ1) is 13.8. The average molecular weight is 392 g/mol. The maximum absolute atomic E-state index is 11.6. The van der Waals surface area contributed by atoms with E-state index in [1.54, 1.807) is 24.3 Å². The molecule has 4 N–H and O–H groups in total. The Kier molecular flexibility index (Phi) is 5.73. The average Bonchev–Trinajstić information content (AvgIpc) is 2.70. The molecular formula is C21H20N4O4. The molecule has 0 aliphatic carbocycles. The van der Waals surface area contributed by atoms with Crippen LogP contribution in [0.4, 0.5) is 0 Å². The number of aromatic nitrogens is 2. The van der Waals surface area contributed by atoms with Gasteiger partial charge >= 0.3 is 0 Å². The molecule has 2 aromatic carbocycles. The zero-order chi connectivity index (χ0) is 21.0. The molecule has 0 spiro atoms. The topological polar surface area (TPSA) is 130 Å². The largest absolute Gasteiger partial charge is 0.464 e. The number of hydrogen-bond donors (Lipinski definition) is 2. The van der Waals surface area contributed by atoms with Crippen molar-refractivity contribution in [2.75, 3.05) is 0 Å². The SMILES string of the molecule is Cc1ccc(Oc2ccc(-c3nc(O[C@@H](C)C(N)=O)cc(C(N)=O)n3)cc2)cc1. The van der Waals surface area contributed by atoms with E-state index in [9.17, 15) is 9.59 Å². The molecule has 148 valence electrons. The van der Waals surface area contributed by atoms with Crippen molar-refractivity contribution in [3.05, 3.63) is 65.9 Å². The van der Waals surface area contributed by atoms with E-state index in [0.29, 0.717) is 17.1 Å². The van der Waals surface area contributed by atoms with E-state index in [2.05, 4.69) is 9.97 Å². The lowest BCUT2D eigenvalue weighted by atomic mass is 10.2. The first-order valence-electron chi connectivity index (χ1n) is 8.81. The van der Waals surface area contributed by atoms with Crippen molar-refractivity contribution < 1.29 is 19.1 Å². The standard InChI is InChI=1S/C21H20N4O4/c1-12-3-7-15(8-4-12)29-16-9-5-14(6-10-16)21-24-17(20(23)27)11-18(25-21)28-13(2)19(22)26/h3-11,13H,1-2H3,(H2,22,26)(H2,23,27)/t13-/m0/s1. The van der Waals surface area contributed by atoms with Gasteiger partial charge in [0.2, 0.25) is 5.88 Å². The van der Waals surface area contributed by atoms with Crippen LogP contribution in [-0.2, 0) is 4.79 Å². The lowest BCUT2D eigenvalue weighted by Gasteiger charge is -2.12. The molecule has 3 aromatic rings. The summed E-state index contributed by atoms with van der Waals surface area (Å²) in [5.41, 5.74) is 12.3. The quantitative estimate of drug-likeness (QED) is 0.635. The number of nitrogens with zero attached hydrogens (tertiary/aromatic N) is 2. The van der Waals surface area contributed by atoms with Crippen molar-refractivity contribution in [3.8, 4) is 28.8 Å². The van der Waals surface area contributed by atoms with Gasteiger partial charge in [-0.3, -0.25) is 9.59 Å². The van der Waals surface area contributed by atoms with E-state index < -0.39 is 17.9 Å². The number of hydrogen-bond acceptors (Lipinski definition) is 6. The van der Waals surface area contributed by atoms with Crippen LogP contribution in [0.2, 0.25) is 0 Å². The molecule has 1 atom stereocenters. The summed E-state index contributed by atoms with van der Waals surface area (Å²) < 4.78 is 11.2. The molecule has 3 rings (SSSR count). The first-order valence-corrected chi connectivity index (χ1v) is 8.81. The van der Waals surface area contributed by atoms with Gasteiger partial charge in [-0.15, -0.1) is 0 Å². The van der Waals surface area contributed by atoms with Gasteiger partial charge in [-0.25, -0.2) is 4.98 Å². The van der Waals surface area contributed by atoms with Crippen molar-refractivity contribution in [2.45, 2.75) is 20.0 Å². The van der Waals surface area contributed by atoms with E-state index in [0.717, 1.165) is 5.56 Å². The minimum Gasteiger partial charge on any atom is -0.464 e. The fourth-order valence-corrected chi connectivity index (χ4v) is 2.39. The molecule has 8 nitrogen and oxygen atoms in total. The summed E-state index contributed by atoms with van der Waals surface area (Å²) in [4.78, 5) is 31.2. The number of carbonyl (C=O) groups excluding carboxylic acids is 2. The van der Waals surface area contributed by atoms with Crippen LogP contribution in [0, 0.1) is 6.92 Å². The van der Waals surface area contributed by atoms with E-state index in [-0.39, 0.29) is 17.4 Å². The lowest BCUT2D eigenvalue weighted by molar-refractivity contribution is -0.124. The Morgan fingerprint density at radius 2 is 1.52 bits per heavy atom. The highest BCUT2D eigenvalue weighted by Crippen LogP contribution is 2.26. The second-order valence-electron chi connectivity index (χ2n) is 6.38. The van der Waals surface area contributed by atoms with Crippen LogP contribution in [-0.4, -0.2) is 27.9 Å². The lowest BCUT2D eigenvalue weighted by Crippen LogP contribution is -2.31. The number of amides is 2. The number of nitrogens with two attached hydrogens (primary N) is 2. The Labute approximate surface area is 167 Å². The van der Waals surface area contributed by atoms with Crippen LogP contribution >= 0.6 is 0 Å². The highest BCUT2D eigenvalue weighted by atomic mass is 16.5. The number of primary amides is 2. The fourth-order valence-electron chi connectivity index (χ4n) is 2.39. The molecule has 2 amide bonds. The van der Waals surface area contributed by atoms with Gasteiger partial charge in [-0.2, -0.15) is 4.98 Å². The van der Waals surface area contributed by atoms with Crippen LogP contribution in [0.1, 0.15) is 23.0 Å². The normalized spacial score (nSPS) is 11.5. The second-order valence-corrected chi connectivity index (χ2v) is 6.38. The maximum atomic E-state index is 11.6. The van der Waals surface area contributed by atoms with Crippen LogP contribution in [0.25, 0.3) is 11.4 Å². The van der Waals surface area contributed by atoms with Crippen LogP contribution in [0.3, 0.4) is 0 Å². The smallest absolute Gasteiger partial charge is 0.267 e. The van der Waals surface area contributed by atoms with E-state index in [1.807, 2.05) is 31.2 Å². The van der Waals surface area contributed by atoms with Gasteiger partial charge in [0, 0.05) is 11.6 Å². The van der Waals surface area contributed by atoms with Gasteiger partial charge in [-0.1, -0.05) is 17.7 Å². The third kappa shape index (κ3) is 5.07. The van der Waals surface area contributed by atoms with E-state index in [4.69, 9.17) is 20.9 Å². The molecule has 0 aliphatic rings. The molecule has 0 aliphatic heterocycles. The van der Waals surface area contributed by atoms with Crippen molar-refractivity contribution in [3.63, 3.8) is 0 Å². The highest BCUT2D eigenvalue weighted by molar-refractivity contribution is 5.91. The Hall–Kier alpha value is -3.94. The summed E-state index contributed by atoms with van der Waals surface area (Å²) in [6.45, 7) is 3.48. The minimum atomic E-state index is -0.927. The minimum absolute atomic E-state index is 0.0232. The van der Waals surface area contributed by atoms with E-state index in [1.165, 1.54) is 13.0 Å². The summed E-state index contributed by atoms with van der Waals surface area (Å²) in [5.74, 6) is 0.173. The van der Waals surface area contributed by atoms with Gasteiger partial charge in [0.25, 0.3) is 11.8 Å². The third-order valence-electron chi connectivity index (χ3n) is 4.02. The molecule has 1 aromatic heterocycles. The van der Waals surface area contributed by atoms with Crippen molar-refractivity contribution >= 4 is 11.8 Å². The molecule has 0 radical (unpaired) electrons. The Balaban J connectivity index is 1.86. The van der Waals surface area contributed by atoms with Crippen LogP contribution < -0.4 is 20.9 Å². The van der Waals surface area contributed by atoms with Gasteiger partial charge in [0.05, 0.1) is 0 Å². The van der Waals surface area contributed by atoms with Crippen molar-refractivity contribution in [1.29, 1.82) is 0 Å². The molecule has 0 bridgehead atoms. The highest BCUT2D eigenvalue weighted by Gasteiger charge is 2.16. The van der Waals surface area contributed by atoms with Crippen LogP contribution in [0.5, 0.6) is 17.4 Å². The number of rotatable bonds is 7. The zero-order valence-corrected chi connectivity index (χ0v) is 16.0. The summed E-state index contributed by atoms with van der Waals surface area (Å²) in [5, 5.41) is 0. The molecule has 0 unspecified atom stereocenters. The number of ether oxygens (including phenoxy) is 2. The molecule has 0 saturated carbocycles. The predicted molar refractivity (Wildman–Crippen MR) is 107 cm³/mol. The second kappa shape index (κ2) is 8.39. The Bertz CT molecular complexity index is 1030. The molecule has 0 fully saturated rings. The first kappa shape index (κ1) is 19.8. The fraction of sp³-hybridized carbons (Fsp3) is 0.143. The monoisotopic (exact) mass is 392 g/mol. The Morgan fingerprint density at radius 3 is 2.07 bits per heavy atom. The van der Waals surface area contributed by atoms with Crippen molar-refractivity contribution in [2.24, 2.45) is 11.5 Å². The summed E-state index contributed by atoms with van der Waals surface area (Å²) >= 11 is 0. The number of carbonyl (C=O) groups is 2. The van der Waals surface area contributed by atoms with Gasteiger partial charge in [0.1, 0.15) is 17.2 Å². The zero-order valence-electron chi connectivity index (χ0n) is 16.0. The third-order valence-corrected chi connectivity index (χ3v) is 4.02. The molecule has 8 heteroatoms. The van der Waals surface area contributed by atoms with Gasteiger partial charge in [0.15, 0.2) is 11.9 Å². The summed E-state index contributed by atoms with van der Waals surface area (Å²) in [6.07, 6.45) is -0.927. The number of aryl methyl sites for hydroxylation is 1. The Morgan fingerprint density at radius 1 is 0.931 bits per heavy atom.